The van der Waals surface area contributed by atoms with Crippen molar-refractivity contribution in [1.82, 2.24) is 4.90 Å². The third kappa shape index (κ3) is 3.27. The van der Waals surface area contributed by atoms with Gasteiger partial charge >= 0.3 is 0 Å². The molecule has 0 amide bonds. The summed E-state index contributed by atoms with van der Waals surface area (Å²) in [5.74, 6) is 0. The molecule has 100 valence electrons. The zero-order valence-electron chi connectivity index (χ0n) is 11.6. The molecule has 1 aromatic rings. The van der Waals surface area contributed by atoms with Crippen LogP contribution in [0.1, 0.15) is 44.2 Å². The van der Waals surface area contributed by atoms with E-state index in [1.165, 1.54) is 56.3 Å². The second-order valence-electron chi connectivity index (χ2n) is 5.35. The Morgan fingerprint density at radius 2 is 1.89 bits per heavy atom. The lowest BCUT2D eigenvalue weighted by Crippen LogP contribution is -2.40. The summed E-state index contributed by atoms with van der Waals surface area (Å²) in [4.78, 5) is 2.68. The molecule has 0 unspecified atom stereocenters. The summed E-state index contributed by atoms with van der Waals surface area (Å²) in [7, 11) is 0. The number of rotatable bonds is 5. The van der Waals surface area contributed by atoms with E-state index in [1.54, 1.807) is 0 Å². The predicted octanol–water partition coefficient (Wildman–Crippen LogP) is 4.32. The van der Waals surface area contributed by atoms with Crippen LogP contribution in [0.3, 0.4) is 0 Å². The fraction of sp³-hybridized carbons (Fsp3) is 0.625. The fourth-order valence-corrected chi connectivity index (χ4v) is 3.26. The average Bonchev–Trinajstić information content (AvgIpc) is 2.38. The third-order valence-corrected chi connectivity index (χ3v) is 4.14. The van der Waals surface area contributed by atoms with Crippen LogP contribution in [0.2, 0.25) is 5.02 Å². The lowest BCUT2D eigenvalue weighted by atomic mass is 9.87. The molecule has 0 saturated carbocycles. The first kappa shape index (κ1) is 13.9. The summed E-state index contributed by atoms with van der Waals surface area (Å²) >= 11 is 6.06. The Morgan fingerprint density at radius 1 is 1.17 bits per heavy atom. The van der Waals surface area contributed by atoms with E-state index in [2.05, 4.69) is 30.9 Å². The van der Waals surface area contributed by atoms with Crippen molar-refractivity contribution in [3.63, 3.8) is 0 Å². The molecule has 1 aromatic carbocycles. The van der Waals surface area contributed by atoms with Crippen LogP contribution in [0.25, 0.3) is 0 Å². The number of fused-ring (bicyclic) bond motifs is 1. The highest BCUT2D eigenvalue weighted by atomic mass is 35.5. The molecule has 1 aliphatic rings. The Bertz CT molecular complexity index is 383. The standard InChI is InChI=1S/C16H24ClN/c1-3-9-18(10-4-2)16-8-6-13-11-15(17)7-5-14(13)12-16/h5,7,11,16H,3-4,6,8-10,12H2,1-2H3/t16-/m0/s1. The number of halogens is 1. The smallest absolute Gasteiger partial charge is 0.0408 e. The van der Waals surface area contributed by atoms with Crippen molar-refractivity contribution in [1.29, 1.82) is 0 Å². The van der Waals surface area contributed by atoms with Gasteiger partial charge in [0.05, 0.1) is 0 Å². The molecule has 2 heteroatoms. The van der Waals surface area contributed by atoms with Gasteiger partial charge < -0.3 is 4.90 Å². The molecular formula is C16H24ClN. The minimum Gasteiger partial charge on any atom is -0.300 e. The highest BCUT2D eigenvalue weighted by Gasteiger charge is 2.23. The predicted molar refractivity (Wildman–Crippen MR) is 79.4 cm³/mol. The van der Waals surface area contributed by atoms with E-state index < -0.39 is 0 Å². The molecule has 0 heterocycles. The molecule has 2 rings (SSSR count). The van der Waals surface area contributed by atoms with Crippen molar-refractivity contribution in [2.75, 3.05) is 13.1 Å². The monoisotopic (exact) mass is 265 g/mol. The third-order valence-electron chi connectivity index (χ3n) is 3.91. The first-order chi connectivity index (χ1) is 8.74. The van der Waals surface area contributed by atoms with Crippen LogP contribution in [-0.4, -0.2) is 24.0 Å². The van der Waals surface area contributed by atoms with Gasteiger partial charge in [-0.05, 0) is 68.5 Å². The zero-order chi connectivity index (χ0) is 13.0. The van der Waals surface area contributed by atoms with Gasteiger partial charge in [-0.2, -0.15) is 0 Å². The molecule has 0 spiro atoms. The van der Waals surface area contributed by atoms with E-state index in [9.17, 15) is 0 Å². The van der Waals surface area contributed by atoms with Crippen molar-refractivity contribution in [2.24, 2.45) is 0 Å². The van der Waals surface area contributed by atoms with Gasteiger partial charge in [0.15, 0.2) is 0 Å². The Hall–Kier alpha value is -0.530. The van der Waals surface area contributed by atoms with E-state index in [-0.39, 0.29) is 0 Å². The van der Waals surface area contributed by atoms with E-state index in [0.717, 1.165) is 11.1 Å². The summed E-state index contributed by atoms with van der Waals surface area (Å²) in [6, 6.07) is 7.14. The summed E-state index contributed by atoms with van der Waals surface area (Å²) in [5.41, 5.74) is 2.97. The van der Waals surface area contributed by atoms with Crippen molar-refractivity contribution in [2.45, 2.75) is 52.0 Å². The van der Waals surface area contributed by atoms with Gasteiger partial charge in [-0.25, -0.2) is 0 Å². The van der Waals surface area contributed by atoms with Crippen molar-refractivity contribution < 1.29 is 0 Å². The van der Waals surface area contributed by atoms with Crippen LogP contribution in [0.4, 0.5) is 0 Å². The van der Waals surface area contributed by atoms with Crippen molar-refractivity contribution in [3.8, 4) is 0 Å². The molecule has 0 radical (unpaired) electrons. The maximum atomic E-state index is 6.06. The molecule has 0 N–H and O–H groups in total. The molecule has 1 atom stereocenters. The summed E-state index contributed by atoms with van der Waals surface area (Å²) in [6.07, 6.45) is 6.18. The lowest BCUT2D eigenvalue weighted by molar-refractivity contribution is 0.180. The van der Waals surface area contributed by atoms with Crippen LogP contribution in [-0.2, 0) is 12.8 Å². The maximum absolute atomic E-state index is 6.06. The van der Waals surface area contributed by atoms with Crippen LogP contribution >= 0.6 is 11.6 Å². The first-order valence-corrected chi connectivity index (χ1v) is 7.63. The van der Waals surface area contributed by atoms with Gasteiger partial charge in [0, 0.05) is 11.1 Å². The summed E-state index contributed by atoms with van der Waals surface area (Å²) in [5, 5.41) is 0.881. The lowest BCUT2D eigenvalue weighted by Gasteiger charge is -2.35. The van der Waals surface area contributed by atoms with E-state index >= 15 is 0 Å². The molecular weight excluding hydrogens is 242 g/mol. The zero-order valence-corrected chi connectivity index (χ0v) is 12.3. The molecule has 1 aliphatic carbocycles. The SMILES string of the molecule is CCCN(CCC)[C@H]1CCc2cc(Cl)ccc2C1. The quantitative estimate of drug-likeness (QED) is 0.766. The van der Waals surface area contributed by atoms with Crippen LogP contribution < -0.4 is 0 Å². The first-order valence-electron chi connectivity index (χ1n) is 7.26. The molecule has 0 saturated heterocycles. The Morgan fingerprint density at radius 3 is 2.56 bits per heavy atom. The number of aryl methyl sites for hydroxylation is 1. The van der Waals surface area contributed by atoms with Crippen molar-refractivity contribution in [3.05, 3.63) is 34.3 Å². The highest BCUT2D eigenvalue weighted by Crippen LogP contribution is 2.27. The number of nitrogens with zero attached hydrogens (tertiary/aromatic N) is 1. The number of hydrogen-bond acceptors (Lipinski definition) is 1. The molecule has 0 bridgehead atoms. The highest BCUT2D eigenvalue weighted by molar-refractivity contribution is 6.30. The van der Waals surface area contributed by atoms with E-state index in [1.807, 2.05) is 6.07 Å². The van der Waals surface area contributed by atoms with Crippen molar-refractivity contribution >= 4 is 11.6 Å². The second kappa shape index (κ2) is 6.58. The van der Waals surface area contributed by atoms with Gasteiger partial charge in [0.1, 0.15) is 0 Å². The van der Waals surface area contributed by atoms with Gasteiger partial charge in [-0.15, -0.1) is 0 Å². The molecule has 0 fully saturated rings. The Labute approximate surface area is 116 Å². The van der Waals surface area contributed by atoms with E-state index in [4.69, 9.17) is 11.6 Å². The minimum absolute atomic E-state index is 0.735. The molecule has 18 heavy (non-hydrogen) atoms. The van der Waals surface area contributed by atoms with E-state index in [0.29, 0.717) is 0 Å². The number of benzene rings is 1. The summed E-state index contributed by atoms with van der Waals surface area (Å²) in [6.45, 7) is 7.03. The van der Waals surface area contributed by atoms with Gasteiger partial charge in [-0.1, -0.05) is 31.5 Å². The van der Waals surface area contributed by atoms with Gasteiger partial charge in [0.25, 0.3) is 0 Å². The van der Waals surface area contributed by atoms with Gasteiger partial charge in [0.2, 0.25) is 0 Å². The Kier molecular flexibility index (Phi) is 5.08. The topological polar surface area (TPSA) is 3.24 Å². The van der Waals surface area contributed by atoms with Crippen LogP contribution in [0, 0.1) is 0 Å². The fourth-order valence-electron chi connectivity index (χ4n) is 3.07. The Balaban J connectivity index is 2.07. The molecule has 0 aliphatic heterocycles. The normalized spacial score (nSPS) is 19.0. The van der Waals surface area contributed by atoms with Gasteiger partial charge in [-0.3, -0.25) is 0 Å². The largest absolute Gasteiger partial charge is 0.300 e. The molecule has 0 aromatic heterocycles. The molecule has 1 nitrogen and oxygen atoms in total. The van der Waals surface area contributed by atoms with Crippen LogP contribution in [0.5, 0.6) is 0 Å². The van der Waals surface area contributed by atoms with Crippen LogP contribution in [0.15, 0.2) is 18.2 Å². The number of hydrogen-bond donors (Lipinski definition) is 0. The second-order valence-corrected chi connectivity index (χ2v) is 5.78. The minimum atomic E-state index is 0.735. The summed E-state index contributed by atoms with van der Waals surface area (Å²) < 4.78 is 0. The maximum Gasteiger partial charge on any atom is 0.0408 e. The average molecular weight is 266 g/mol.